The fraction of sp³-hybridized carbons (Fsp3) is 0.231. The van der Waals surface area contributed by atoms with Crippen molar-refractivity contribution in [1.29, 1.82) is 0 Å². The highest BCUT2D eigenvalue weighted by Crippen LogP contribution is 2.35. The average molecular weight is 278 g/mol. The molecule has 2 radical (unpaired) electrons. The topological polar surface area (TPSA) is 35.0 Å². The Balaban J connectivity index is 2.20. The molecule has 7 heteroatoms. The van der Waals surface area contributed by atoms with Crippen LogP contribution in [0.5, 0.6) is 5.75 Å². The van der Waals surface area contributed by atoms with Crippen molar-refractivity contribution in [2.75, 3.05) is 0 Å². The molecule has 2 aromatic heterocycles. The van der Waals surface area contributed by atoms with Crippen LogP contribution in [0.25, 0.3) is 0 Å². The third-order valence-electron chi connectivity index (χ3n) is 2.54. The van der Waals surface area contributed by atoms with Crippen LogP contribution < -0.4 is 10.3 Å². The molecule has 2 aromatic rings. The van der Waals surface area contributed by atoms with Crippen LogP contribution in [0.1, 0.15) is 16.8 Å². The SMILES string of the molecule is [B]c1cc(OCc2ccc(C)cn2)c(C(F)(F)F)cn1. The Hall–Kier alpha value is -2.05. The third kappa shape index (κ3) is 3.49. The summed E-state index contributed by atoms with van der Waals surface area (Å²) in [6, 6.07) is 4.54. The van der Waals surface area contributed by atoms with E-state index in [1.807, 2.05) is 6.92 Å². The van der Waals surface area contributed by atoms with Crippen LogP contribution >= 0.6 is 0 Å². The van der Waals surface area contributed by atoms with Crippen molar-refractivity contribution in [2.24, 2.45) is 0 Å². The third-order valence-corrected chi connectivity index (χ3v) is 2.54. The largest absolute Gasteiger partial charge is 0.487 e. The molecule has 0 N–H and O–H groups in total. The second-order valence-corrected chi connectivity index (χ2v) is 4.22. The number of hydrogen-bond donors (Lipinski definition) is 0. The first-order valence-electron chi connectivity index (χ1n) is 5.73. The van der Waals surface area contributed by atoms with Gasteiger partial charge in [-0.3, -0.25) is 9.97 Å². The molecule has 0 amide bonds. The summed E-state index contributed by atoms with van der Waals surface area (Å²) in [6.45, 7) is 1.79. The Kier molecular flexibility index (Phi) is 3.97. The Morgan fingerprint density at radius 1 is 1.20 bits per heavy atom. The fourth-order valence-corrected chi connectivity index (χ4v) is 1.52. The molecule has 0 fully saturated rings. The Bertz CT molecular complexity index is 600. The van der Waals surface area contributed by atoms with E-state index in [0.717, 1.165) is 11.6 Å². The van der Waals surface area contributed by atoms with E-state index < -0.39 is 11.7 Å². The van der Waals surface area contributed by atoms with Crippen molar-refractivity contribution in [2.45, 2.75) is 19.7 Å². The minimum absolute atomic E-state index is 0.0372. The summed E-state index contributed by atoms with van der Waals surface area (Å²) in [6.07, 6.45) is -2.27. The lowest BCUT2D eigenvalue weighted by Gasteiger charge is -2.14. The lowest BCUT2D eigenvalue weighted by atomic mass is 10.0. The van der Waals surface area contributed by atoms with Gasteiger partial charge >= 0.3 is 6.18 Å². The Morgan fingerprint density at radius 2 is 1.95 bits per heavy atom. The highest BCUT2D eigenvalue weighted by molar-refractivity contribution is 6.30. The quantitative estimate of drug-likeness (QED) is 0.807. The monoisotopic (exact) mass is 278 g/mol. The molecule has 0 saturated carbocycles. The van der Waals surface area contributed by atoms with E-state index in [4.69, 9.17) is 12.6 Å². The van der Waals surface area contributed by atoms with Crippen LogP contribution in [0, 0.1) is 6.92 Å². The zero-order chi connectivity index (χ0) is 14.8. The zero-order valence-electron chi connectivity index (χ0n) is 10.6. The molecule has 102 valence electrons. The molecular formula is C13H10BF3N2O. The van der Waals surface area contributed by atoms with Gasteiger partial charge in [0.05, 0.1) is 5.69 Å². The van der Waals surface area contributed by atoms with Gasteiger partial charge in [0.2, 0.25) is 0 Å². The van der Waals surface area contributed by atoms with Gasteiger partial charge in [-0.05, 0) is 30.2 Å². The van der Waals surface area contributed by atoms with Gasteiger partial charge < -0.3 is 4.74 Å². The number of aromatic nitrogens is 2. The number of aryl methyl sites for hydroxylation is 1. The van der Waals surface area contributed by atoms with E-state index in [9.17, 15) is 13.2 Å². The van der Waals surface area contributed by atoms with Gasteiger partial charge in [-0.25, -0.2) is 0 Å². The van der Waals surface area contributed by atoms with Crippen LogP contribution in [0.4, 0.5) is 13.2 Å². The summed E-state index contributed by atoms with van der Waals surface area (Å²) in [7, 11) is 5.39. The summed E-state index contributed by atoms with van der Waals surface area (Å²) in [5.41, 5.74) is 0.487. The van der Waals surface area contributed by atoms with Gasteiger partial charge in [0.1, 0.15) is 25.8 Å². The highest BCUT2D eigenvalue weighted by Gasteiger charge is 2.34. The predicted octanol–water partition coefficient (Wildman–Crippen LogP) is 2.18. The van der Waals surface area contributed by atoms with Gasteiger partial charge in [0, 0.05) is 12.4 Å². The lowest BCUT2D eigenvalue weighted by Crippen LogP contribution is -2.15. The maximum absolute atomic E-state index is 12.8. The normalized spacial score (nSPS) is 11.4. The van der Waals surface area contributed by atoms with Crippen LogP contribution in [0.15, 0.2) is 30.6 Å². The predicted molar refractivity (Wildman–Crippen MR) is 67.9 cm³/mol. The van der Waals surface area contributed by atoms with Crippen LogP contribution in [0.2, 0.25) is 0 Å². The molecular weight excluding hydrogens is 268 g/mol. The van der Waals surface area contributed by atoms with Crippen molar-refractivity contribution in [3.05, 3.63) is 47.4 Å². The number of ether oxygens (including phenoxy) is 1. The smallest absolute Gasteiger partial charge is 0.421 e. The minimum Gasteiger partial charge on any atom is -0.487 e. The Morgan fingerprint density at radius 3 is 2.55 bits per heavy atom. The molecule has 0 atom stereocenters. The van der Waals surface area contributed by atoms with Gasteiger partial charge in [-0.1, -0.05) is 6.07 Å². The number of nitrogens with zero attached hydrogens (tertiary/aromatic N) is 2. The van der Waals surface area contributed by atoms with Crippen LogP contribution in [-0.2, 0) is 12.8 Å². The van der Waals surface area contributed by atoms with E-state index >= 15 is 0 Å². The zero-order valence-corrected chi connectivity index (χ0v) is 10.6. The molecule has 3 nitrogen and oxygen atoms in total. The standard InChI is InChI=1S/C13H10BF3N2O/c1-8-2-3-9(18-5-8)7-20-11-4-12(14)19-6-10(11)13(15,16)17/h2-6H,7H2,1H3. The minimum atomic E-state index is -4.54. The summed E-state index contributed by atoms with van der Waals surface area (Å²) in [4.78, 5) is 7.49. The molecule has 0 aliphatic carbocycles. The molecule has 2 heterocycles. The van der Waals surface area contributed by atoms with Crippen LogP contribution in [0.3, 0.4) is 0 Å². The maximum Gasteiger partial charge on any atom is 0.421 e. The summed E-state index contributed by atoms with van der Waals surface area (Å²) < 4.78 is 43.5. The number of rotatable bonds is 3. The van der Waals surface area contributed by atoms with Gasteiger partial charge in [0.25, 0.3) is 0 Å². The van der Waals surface area contributed by atoms with E-state index in [0.29, 0.717) is 11.9 Å². The molecule has 0 bridgehead atoms. The van der Waals surface area contributed by atoms with E-state index in [-0.39, 0.29) is 17.9 Å². The van der Waals surface area contributed by atoms with E-state index in [1.54, 1.807) is 18.3 Å². The summed E-state index contributed by atoms with van der Waals surface area (Å²) >= 11 is 0. The van der Waals surface area contributed by atoms with Crippen molar-refractivity contribution in [3.8, 4) is 5.75 Å². The molecule has 0 unspecified atom stereocenters. The molecule has 0 aliphatic rings. The number of hydrogen-bond acceptors (Lipinski definition) is 3. The second-order valence-electron chi connectivity index (χ2n) is 4.22. The first-order valence-corrected chi connectivity index (χ1v) is 5.73. The van der Waals surface area contributed by atoms with Gasteiger partial charge in [-0.15, -0.1) is 0 Å². The van der Waals surface area contributed by atoms with Crippen molar-refractivity contribution in [1.82, 2.24) is 9.97 Å². The van der Waals surface area contributed by atoms with E-state index in [2.05, 4.69) is 9.97 Å². The number of pyridine rings is 2. The molecule has 0 saturated heterocycles. The first-order chi connectivity index (χ1) is 9.36. The molecule has 0 aliphatic heterocycles. The lowest BCUT2D eigenvalue weighted by molar-refractivity contribution is -0.139. The molecule has 20 heavy (non-hydrogen) atoms. The number of alkyl halides is 3. The van der Waals surface area contributed by atoms with Crippen molar-refractivity contribution in [3.63, 3.8) is 0 Å². The van der Waals surface area contributed by atoms with Crippen molar-refractivity contribution >= 4 is 13.4 Å². The fourth-order valence-electron chi connectivity index (χ4n) is 1.52. The second kappa shape index (κ2) is 5.52. The maximum atomic E-state index is 12.8. The summed E-state index contributed by atoms with van der Waals surface area (Å²) in [5.74, 6) is -0.354. The van der Waals surface area contributed by atoms with Crippen LogP contribution in [-0.4, -0.2) is 17.8 Å². The molecule has 0 spiro atoms. The number of halogens is 3. The van der Waals surface area contributed by atoms with Gasteiger partial charge in [0.15, 0.2) is 0 Å². The summed E-state index contributed by atoms with van der Waals surface area (Å²) in [5, 5.41) is 0. The molecule has 2 rings (SSSR count). The highest BCUT2D eigenvalue weighted by atomic mass is 19.4. The average Bonchev–Trinajstić information content (AvgIpc) is 2.36. The Labute approximate surface area is 115 Å². The van der Waals surface area contributed by atoms with Crippen molar-refractivity contribution < 1.29 is 17.9 Å². The first kappa shape index (κ1) is 14.4. The molecule has 0 aromatic carbocycles. The van der Waals surface area contributed by atoms with E-state index in [1.165, 1.54) is 0 Å². The van der Waals surface area contributed by atoms with Gasteiger partial charge in [-0.2, -0.15) is 13.2 Å².